The third-order valence-electron chi connectivity index (χ3n) is 2.83. The molecule has 1 aromatic carbocycles. The minimum absolute atomic E-state index is 0.261. The Kier molecular flexibility index (Phi) is 3.02. The molecule has 0 fully saturated rings. The van der Waals surface area contributed by atoms with Crippen LogP contribution in [0.4, 0.5) is 4.39 Å². The first-order chi connectivity index (χ1) is 9.17. The molecule has 98 valence electrons. The molecule has 0 saturated carbocycles. The van der Waals surface area contributed by atoms with E-state index < -0.39 is 6.04 Å². The van der Waals surface area contributed by atoms with Gasteiger partial charge in [-0.1, -0.05) is 0 Å². The largest absolute Gasteiger partial charge is 0.459 e. The molecular formula is C13H10ClFN2O2. The number of hydrazine groups is 1. The molecule has 1 unspecified atom stereocenters. The summed E-state index contributed by atoms with van der Waals surface area (Å²) in [4.78, 5) is 0. The van der Waals surface area contributed by atoms with E-state index in [1.807, 2.05) is 0 Å². The molecule has 3 aromatic rings. The van der Waals surface area contributed by atoms with E-state index in [0.29, 0.717) is 22.5 Å². The second-order valence-corrected chi connectivity index (χ2v) is 4.44. The molecule has 2 aromatic heterocycles. The first kappa shape index (κ1) is 12.2. The van der Waals surface area contributed by atoms with Gasteiger partial charge in [0.1, 0.15) is 29.0 Å². The normalized spacial score (nSPS) is 13.0. The number of hydrogen-bond donors (Lipinski definition) is 2. The van der Waals surface area contributed by atoms with Crippen LogP contribution < -0.4 is 11.3 Å². The molecule has 0 saturated heterocycles. The van der Waals surface area contributed by atoms with E-state index in [4.69, 9.17) is 26.3 Å². The summed E-state index contributed by atoms with van der Waals surface area (Å²) in [5.41, 5.74) is 3.16. The molecular weight excluding hydrogens is 271 g/mol. The summed E-state index contributed by atoms with van der Waals surface area (Å²) in [6.45, 7) is 0. The maximum Gasteiger partial charge on any atom is 0.193 e. The Labute approximate surface area is 112 Å². The second kappa shape index (κ2) is 4.70. The van der Waals surface area contributed by atoms with Crippen molar-refractivity contribution in [3.8, 4) is 0 Å². The summed E-state index contributed by atoms with van der Waals surface area (Å²) in [6, 6.07) is 8.83. The molecule has 0 aliphatic rings. The minimum atomic E-state index is -0.483. The SMILES string of the molecule is NNC(c1ccc(Cl)o1)c1cc2cc(F)ccc2o1. The lowest BCUT2D eigenvalue weighted by molar-refractivity contribution is 0.404. The lowest BCUT2D eigenvalue weighted by Gasteiger charge is -2.09. The molecule has 6 heteroatoms. The van der Waals surface area contributed by atoms with Crippen molar-refractivity contribution in [2.24, 2.45) is 5.84 Å². The molecule has 2 heterocycles. The van der Waals surface area contributed by atoms with E-state index in [1.54, 1.807) is 24.3 Å². The first-order valence-corrected chi connectivity index (χ1v) is 5.95. The van der Waals surface area contributed by atoms with Crippen LogP contribution in [0.2, 0.25) is 5.22 Å². The number of furan rings is 2. The second-order valence-electron chi connectivity index (χ2n) is 4.07. The van der Waals surface area contributed by atoms with Gasteiger partial charge >= 0.3 is 0 Å². The Morgan fingerprint density at radius 1 is 1.11 bits per heavy atom. The molecule has 3 N–H and O–H groups in total. The van der Waals surface area contributed by atoms with Crippen molar-refractivity contribution in [1.82, 2.24) is 5.43 Å². The summed E-state index contributed by atoms with van der Waals surface area (Å²) in [7, 11) is 0. The van der Waals surface area contributed by atoms with Crippen LogP contribution >= 0.6 is 11.6 Å². The summed E-state index contributed by atoms with van der Waals surface area (Å²) in [6.07, 6.45) is 0. The van der Waals surface area contributed by atoms with E-state index in [2.05, 4.69) is 5.43 Å². The van der Waals surface area contributed by atoms with Crippen LogP contribution in [0.3, 0.4) is 0 Å². The van der Waals surface area contributed by atoms with Crippen LogP contribution in [0.5, 0.6) is 0 Å². The van der Waals surface area contributed by atoms with Crippen LogP contribution in [-0.2, 0) is 0 Å². The third kappa shape index (κ3) is 2.23. The lowest BCUT2D eigenvalue weighted by Crippen LogP contribution is -2.28. The first-order valence-electron chi connectivity index (χ1n) is 5.58. The van der Waals surface area contributed by atoms with Gasteiger partial charge in [-0.05, 0) is 48.0 Å². The molecule has 0 aliphatic carbocycles. The monoisotopic (exact) mass is 280 g/mol. The fraction of sp³-hybridized carbons (Fsp3) is 0.0769. The number of benzene rings is 1. The Bertz CT molecular complexity index is 722. The van der Waals surface area contributed by atoms with Crippen molar-refractivity contribution in [3.05, 3.63) is 59.0 Å². The van der Waals surface area contributed by atoms with Crippen LogP contribution in [0.25, 0.3) is 11.0 Å². The van der Waals surface area contributed by atoms with Crippen LogP contribution in [-0.4, -0.2) is 0 Å². The fourth-order valence-electron chi connectivity index (χ4n) is 1.96. The number of halogens is 2. The molecule has 0 bridgehead atoms. The van der Waals surface area contributed by atoms with Gasteiger partial charge in [0.25, 0.3) is 0 Å². The number of rotatable bonds is 3. The highest BCUT2D eigenvalue weighted by Crippen LogP contribution is 2.30. The fourth-order valence-corrected chi connectivity index (χ4v) is 2.12. The number of fused-ring (bicyclic) bond motifs is 1. The highest BCUT2D eigenvalue weighted by Gasteiger charge is 2.20. The summed E-state index contributed by atoms with van der Waals surface area (Å²) < 4.78 is 24.1. The van der Waals surface area contributed by atoms with Crippen molar-refractivity contribution in [3.63, 3.8) is 0 Å². The average molecular weight is 281 g/mol. The van der Waals surface area contributed by atoms with Crippen molar-refractivity contribution in [1.29, 1.82) is 0 Å². The zero-order chi connectivity index (χ0) is 13.4. The van der Waals surface area contributed by atoms with Crippen molar-refractivity contribution in [2.75, 3.05) is 0 Å². The number of nitrogens with one attached hydrogen (secondary N) is 1. The molecule has 4 nitrogen and oxygen atoms in total. The van der Waals surface area contributed by atoms with Gasteiger partial charge in [0.2, 0.25) is 0 Å². The molecule has 19 heavy (non-hydrogen) atoms. The molecule has 0 amide bonds. The van der Waals surface area contributed by atoms with E-state index in [-0.39, 0.29) is 11.0 Å². The maximum atomic E-state index is 13.1. The van der Waals surface area contributed by atoms with E-state index in [1.165, 1.54) is 12.1 Å². The topological polar surface area (TPSA) is 64.3 Å². The van der Waals surface area contributed by atoms with Gasteiger partial charge in [-0.15, -0.1) is 0 Å². The quantitative estimate of drug-likeness (QED) is 0.570. The third-order valence-corrected chi connectivity index (χ3v) is 3.03. The highest BCUT2D eigenvalue weighted by atomic mass is 35.5. The van der Waals surface area contributed by atoms with Gasteiger partial charge < -0.3 is 8.83 Å². The Morgan fingerprint density at radius 2 is 1.95 bits per heavy atom. The summed E-state index contributed by atoms with van der Waals surface area (Å²) in [5.74, 6) is 6.23. The van der Waals surface area contributed by atoms with Crippen molar-refractivity contribution in [2.45, 2.75) is 6.04 Å². The Balaban J connectivity index is 2.06. The predicted molar refractivity (Wildman–Crippen MR) is 69.1 cm³/mol. The van der Waals surface area contributed by atoms with Crippen molar-refractivity contribution < 1.29 is 13.2 Å². The number of nitrogens with two attached hydrogens (primary N) is 1. The Morgan fingerprint density at radius 3 is 2.63 bits per heavy atom. The summed E-state index contributed by atoms with van der Waals surface area (Å²) >= 11 is 5.73. The van der Waals surface area contributed by atoms with Gasteiger partial charge in [-0.2, -0.15) is 0 Å². The zero-order valence-electron chi connectivity index (χ0n) is 9.69. The smallest absolute Gasteiger partial charge is 0.193 e. The molecule has 0 aliphatic heterocycles. The van der Waals surface area contributed by atoms with E-state index in [9.17, 15) is 4.39 Å². The van der Waals surface area contributed by atoms with Gasteiger partial charge in [0.05, 0.1) is 0 Å². The van der Waals surface area contributed by atoms with Gasteiger partial charge in [0.15, 0.2) is 5.22 Å². The highest BCUT2D eigenvalue weighted by molar-refractivity contribution is 6.28. The average Bonchev–Trinajstić information content (AvgIpc) is 2.96. The van der Waals surface area contributed by atoms with Crippen LogP contribution in [0, 0.1) is 5.82 Å². The zero-order valence-corrected chi connectivity index (χ0v) is 10.4. The predicted octanol–water partition coefficient (Wildman–Crippen LogP) is 3.37. The van der Waals surface area contributed by atoms with Crippen LogP contribution in [0.1, 0.15) is 17.6 Å². The molecule has 0 radical (unpaired) electrons. The van der Waals surface area contributed by atoms with E-state index in [0.717, 1.165) is 0 Å². The molecule has 0 spiro atoms. The van der Waals surface area contributed by atoms with Crippen LogP contribution in [0.15, 0.2) is 45.2 Å². The van der Waals surface area contributed by atoms with E-state index >= 15 is 0 Å². The molecule has 1 atom stereocenters. The number of hydrogen-bond acceptors (Lipinski definition) is 4. The Hall–Kier alpha value is -1.82. The van der Waals surface area contributed by atoms with Gasteiger partial charge in [-0.25, -0.2) is 9.82 Å². The summed E-state index contributed by atoms with van der Waals surface area (Å²) in [5, 5.41) is 0.922. The van der Waals surface area contributed by atoms with Crippen molar-refractivity contribution >= 4 is 22.6 Å². The lowest BCUT2D eigenvalue weighted by atomic mass is 10.1. The minimum Gasteiger partial charge on any atom is -0.459 e. The molecule has 3 rings (SSSR count). The maximum absolute atomic E-state index is 13.1. The van der Waals surface area contributed by atoms with Gasteiger partial charge in [-0.3, -0.25) is 5.84 Å². The standard InChI is InChI=1S/C13H10ClFN2O2/c14-12-4-3-10(19-12)13(17-16)11-6-7-5-8(15)1-2-9(7)18-11/h1-6,13,17H,16H2. The van der Waals surface area contributed by atoms with Gasteiger partial charge in [0, 0.05) is 5.39 Å².